The topological polar surface area (TPSA) is 123 Å². The van der Waals surface area contributed by atoms with Crippen LogP contribution in [0.4, 0.5) is 11.4 Å². The van der Waals surface area contributed by atoms with Gasteiger partial charge in [-0.1, -0.05) is 6.07 Å². The minimum absolute atomic E-state index is 0.167. The van der Waals surface area contributed by atoms with Crippen molar-refractivity contribution in [2.45, 2.75) is 6.54 Å². The van der Waals surface area contributed by atoms with Crippen LogP contribution < -0.4 is 15.6 Å². The highest BCUT2D eigenvalue weighted by Crippen LogP contribution is 2.28. The summed E-state index contributed by atoms with van der Waals surface area (Å²) >= 11 is 0. The molecule has 0 saturated carbocycles. The molecule has 2 heterocycles. The molecule has 0 fully saturated rings. The minimum atomic E-state index is -0.541. The molecule has 0 spiro atoms. The SMILES string of the molecule is COc1ccc(CNc2cc3nc[nH]c(=O)c3cc2[N+](=O)[O-])cn1. The maximum atomic E-state index is 11.7. The van der Waals surface area contributed by atoms with Crippen molar-refractivity contribution >= 4 is 22.3 Å². The molecule has 3 aromatic rings. The molecule has 122 valence electrons. The van der Waals surface area contributed by atoms with Crippen LogP contribution >= 0.6 is 0 Å². The molecule has 0 unspecified atom stereocenters. The van der Waals surface area contributed by atoms with Crippen molar-refractivity contribution in [1.82, 2.24) is 15.0 Å². The number of nitrogens with zero attached hydrogens (tertiary/aromatic N) is 3. The zero-order valence-corrected chi connectivity index (χ0v) is 12.6. The summed E-state index contributed by atoms with van der Waals surface area (Å²) in [6.45, 7) is 0.326. The highest BCUT2D eigenvalue weighted by atomic mass is 16.6. The highest BCUT2D eigenvalue weighted by molar-refractivity contribution is 5.86. The number of aromatic amines is 1. The molecule has 1 aromatic carbocycles. The van der Waals surface area contributed by atoms with Gasteiger partial charge in [0.25, 0.3) is 11.2 Å². The Bertz CT molecular complexity index is 952. The summed E-state index contributed by atoms with van der Waals surface area (Å²) in [7, 11) is 1.52. The number of nitrogens with one attached hydrogen (secondary N) is 2. The number of benzene rings is 1. The zero-order valence-electron chi connectivity index (χ0n) is 12.6. The lowest BCUT2D eigenvalue weighted by molar-refractivity contribution is -0.383. The van der Waals surface area contributed by atoms with Crippen molar-refractivity contribution in [2.75, 3.05) is 12.4 Å². The minimum Gasteiger partial charge on any atom is -0.481 e. The second-order valence-corrected chi connectivity index (χ2v) is 4.94. The van der Waals surface area contributed by atoms with E-state index in [0.717, 1.165) is 5.56 Å². The van der Waals surface area contributed by atoms with Crippen molar-refractivity contribution in [2.24, 2.45) is 0 Å². The van der Waals surface area contributed by atoms with Gasteiger partial charge in [-0.05, 0) is 11.6 Å². The van der Waals surface area contributed by atoms with Crippen molar-refractivity contribution < 1.29 is 9.66 Å². The van der Waals surface area contributed by atoms with Crippen molar-refractivity contribution in [3.8, 4) is 5.88 Å². The van der Waals surface area contributed by atoms with E-state index < -0.39 is 10.5 Å². The fraction of sp³-hybridized carbons (Fsp3) is 0.133. The van der Waals surface area contributed by atoms with Crippen molar-refractivity contribution in [1.29, 1.82) is 0 Å². The average Bonchev–Trinajstić information content (AvgIpc) is 2.60. The van der Waals surface area contributed by atoms with E-state index in [1.54, 1.807) is 18.3 Å². The Kier molecular flexibility index (Phi) is 4.06. The number of fused-ring (bicyclic) bond motifs is 1. The van der Waals surface area contributed by atoms with E-state index in [2.05, 4.69) is 20.3 Å². The molecule has 24 heavy (non-hydrogen) atoms. The fourth-order valence-corrected chi connectivity index (χ4v) is 2.23. The number of methoxy groups -OCH3 is 1. The van der Waals surface area contributed by atoms with Crippen molar-refractivity contribution in [3.63, 3.8) is 0 Å². The van der Waals surface area contributed by atoms with E-state index in [1.165, 1.54) is 25.6 Å². The summed E-state index contributed by atoms with van der Waals surface area (Å²) in [5.41, 5.74) is 0.863. The number of aromatic nitrogens is 3. The van der Waals surface area contributed by atoms with E-state index in [9.17, 15) is 14.9 Å². The van der Waals surface area contributed by atoms with Crippen LogP contribution in [-0.2, 0) is 6.54 Å². The van der Waals surface area contributed by atoms with E-state index in [-0.39, 0.29) is 16.8 Å². The van der Waals surface area contributed by atoms with Gasteiger partial charge in [0, 0.05) is 24.9 Å². The molecule has 9 heteroatoms. The Labute approximate surface area is 135 Å². The van der Waals surface area contributed by atoms with Gasteiger partial charge in [-0.3, -0.25) is 14.9 Å². The van der Waals surface area contributed by atoms with Gasteiger partial charge in [0.1, 0.15) is 5.69 Å². The largest absolute Gasteiger partial charge is 0.481 e. The number of H-pyrrole nitrogens is 1. The molecule has 2 N–H and O–H groups in total. The van der Waals surface area contributed by atoms with Gasteiger partial charge >= 0.3 is 0 Å². The smallest absolute Gasteiger partial charge is 0.293 e. The molecule has 9 nitrogen and oxygen atoms in total. The van der Waals surface area contributed by atoms with Gasteiger partial charge in [-0.25, -0.2) is 9.97 Å². The summed E-state index contributed by atoms with van der Waals surface area (Å²) in [5, 5.41) is 14.4. The number of anilines is 1. The molecule has 0 saturated heterocycles. The summed E-state index contributed by atoms with van der Waals surface area (Å²) < 4.78 is 4.98. The molecule has 0 aliphatic heterocycles. The lowest BCUT2D eigenvalue weighted by Crippen LogP contribution is -2.09. The molecule has 0 radical (unpaired) electrons. The van der Waals surface area contributed by atoms with Crippen LogP contribution in [0.5, 0.6) is 5.88 Å². The summed E-state index contributed by atoms with van der Waals surface area (Å²) in [4.78, 5) is 33.0. The predicted octanol–water partition coefficient (Wildman–Crippen LogP) is 1.85. The third kappa shape index (κ3) is 3.00. The quantitative estimate of drug-likeness (QED) is 0.541. The first kappa shape index (κ1) is 15.4. The fourth-order valence-electron chi connectivity index (χ4n) is 2.23. The van der Waals surface area contributed by atoms with Gasteiger partial charge < -0.3 is 15.0 Å². The number of ether oxygens (including phenoxy) is 1. The van der Waals surface area contributed by atoms with Crippen LogP contribution in [0.1, 0.15) is 5.56 Å². The monoisotopic (exact) mass is 327 g/mol. The van der Waals surface area contributed by atoms with Crippen LogP contribution in [0.3, 0.4) is 0 Å². The summed E-state index contributed by atoms with van der Waals surface area (Å²) in [6.07, 6.45) is 2.87. The number of nitro benzene ring substituents is 1. The maximum Gasteiger partial charge on any atom is 0.293 e. The van der Waals surface area contributed by atoms with E-state index in [0.29, 0.717) is 17.9 Å². The van der Waals surface area contributed by atoms with Crippen LogP contribution in [0, 0.1) is 10.1 Å². The Balaban J connectivity index is 1.93. The predicted molar refractivity (Wildman–Crippen MR) is 87.1 cm³/mol. The van der Waals surface area contributed by atoms with Gasteiger partial charge in [-0.2, -0.15) is 0 Å². The first-order valence-electron chi connectivity index (χ1n) is 6.97. The summed E-state index contributed by atoms with van der Waals surface area (Å²) in [6, 6.07) is 6.21. The lowest BCUT2D eigenvalue weighted by Gasteiger charge is -2.08. The number of hydrogen-bond donors (Lipinski definition) is 2. The van der Waals surface area contributed by atoms with Crippen LogP contribution in [-0.4, -0.2) is 27.0 Å². The molecule has 0 bridgehead atoms. The highest BCUT2D eigenvalue weighted by Gasteiger charge is 2.17. The van der Waals surface area contributed by atoms with E-state index in [1.807, 2.05) is 0 Å². The normalized spacial score (nSPS) is 10.5. The van der Waals surface area contributed by atoms with Crippen LogP contribution in [0.25, 0.3) is 10.9 Å². The van der Waals surface area contributed by atoms with Gasteiger partial charge in [0.2, 0.25) is 5.88 Å². The van der Waals surface area contributed by atoms with E-state index >= 15 is 0 Å². The molecule has 3 rings (SSSR count). The van der Waals surface area contributed by atoms with Crippen LogP contribution in [0.15, 0.2) is 41.6 Å². The van der Waals surface area contributed by atoms with Crippen LogP contribution in [0.2, 0.25) is 0 Å². The second kappa shape index (κ2) is 6.32. The number of pyridine rings is 1. The van der Waals surface area contributed by atoms with E-state index in [4.69, 9.17) is 4.74 Å². The van der Waals surface area contributed by atoms with Gasteiger partial charge in [0.05, 0.1) is 29.3 Å². The van der Waals surface area contributed by atoms with Crippen molar-refractivity contribution in [3.05, 3.63) is 62.8 Å². The number of hydrogen-bond acceptors (Lipinski definition) is 7. The lowest BCUT2D eigenvalue weighted by atomic mass is 10.2. The molecule has 0 aliphatic carbocycles. The first-order chi connectivity index (χ1) is 11.6. The van der Waals surface area contributed by atoms with Gasteiger partial charge in [-0.15, -0.1) is 0 Å². The standard InChI is InChI=1S/C15H13N5O4/c1-24-14-3-2-9(7-17-14)6-16-12-5-11-10(4-13(12)20(22)23)15(21)19-8-18-11/h2-5,7-8,16H,6H2,1H3,(H,18,19,21). The first-order valence-corrected chi connectivity index (χ1v) is 6.97. The number of nitro groups is 1. The van der Waals surface area contributed by atoms with Gasteiger partial charge in [0.15, 0.2) is 0 Å². The molecule has 0 atom stereocenters. The zero-order chi connectivity index (χ0) is 17.1. The Hall–Kier alpha value is -3.49. The Morgan fingerprint density at radius 1 is 1.33 bits per heavy atom. The Morgan fingerprint density at radius 2 is 2.17 bits per heavy atom. The molecule has 0 aliphatic rings. The third-order valence-corrected chi connectivity index (χ3v) is 3.44. The molecular weight excluding hydrogens is 314 g/mol. The Morgan fingerprint density at radius 3 is 2.83 bits per heavy atom. The maximum absolute atomic E-state index is 11.7. The molecule has 0 amide bonds. The number of rotatable bonds is 5. The second-order valence-electron chi connectivity index (χ2n) is 4.94. The average molecular weight is 327 g/mol. The summed E-state index contributed by atoms with van der Waals surface area (Å²) in [5.74, 6) is 0.485. The third-order valence-electron chi connectivity index (χ3n) is 3.44. The molecular formula is C15H13N5O4. The molecule has 2 aromatic heterocycles.